The van der Waals surface area contributed by atoms with Gasteiger partial charge in [-0.1, -0.05) is 48.5 Å². The van der Waals surface area contributed by atoms with E-state index in [0.29, 0.717) is 17.8 Å². The number of hydrogen-bond acceptors (Lipinski definition) is 5. The van der Waals surface area contributed by atoms with E-state index in [2.05, 4.69) is 16.0 Å². The van der Waals surface area contributed by atoms with Crippen molar-refractivity contribution < 1.29 is 19.1 Å². The van der Waals surface area contributed by atoms with Crippen molar-refractivity contribution >= 4 is 29.1 Å². The molecule has 0 aliphatic heterocycles. The fourth-order valence-electron chi connectivity index (χ4n) is 2.99. The zero-order chi connectivity index (χ0) is 22.8. The summed E-state index contributed by atoms with van der Waals surface area (Å²) in [6, 6.07) is 19.4. The molecule has 3 aromatic rings. The summed E-state index contributed by atoms with van der Waals surface area (Å²) in [4.78, 5) is 38.0. The minimum Gasteiger partial charge on any atom is -0.497 e. The van der Waals surface area contributed by atoms with Crippen molar-refractivity contribution in [1.29, 1.82) is 0 Å². The van der Waals surface area contributed by atoms with Gasteiger partial charge in [-0.05, 0) is 34.7 Å². The summed E-state index contributed by atoms with van der Waals surface area (Å²) < 4.78 is 5.11. The average molecular weight is 452 g/mol. The molecular formula is C24H25N3O4S. The molecule has 3 rings (SSSR count). The number of amides is 3. The Labute approximate surface area is 190 Å². The third kappa shape index (κ3) is 6.95. The predicted octanol–water partition coefficient (Wildman–Crippen LogP) is 2.53. The highest BCUT2D eigenvalue weighted by Crippen LogP contribution is 2.11. The van der Waals surface area contributed by atoms with Crippen LogP contribution in [0, 0.1) is 0 Å². The highest BCUT2D eigenvalue weighted by Gasteiger charge is 2.22. The molecule has 3 amide bonds. The molecule has 166 valence electrons. The Bertz CT molecular complexity index is 1020. The van der Waals surface area contributed by atoms with E-state index in [1.165, 1.54) is 11.3 Å². The lowest BCUT2D eigenvalue weighted by Crippen LogP contribution is -2.50. The minimum absolute atomic E-state index is 0.185. The van der Waals surface area contributed by atoms with Crippen LogP contribution in [0.5, 0.6) is 5.75 Å². The molecule has 32 heavy (non-hydrogen) atoms. The largest absolute Gasteiger partial charge is 0.497 e. The summed E-state index contributed by atoms with van der Waals surface area (Å²) >= 11 is 1.30. The van der Waals surface area contributed by atoms with E-state index in [-0.39, 0.29) is 18.4 Å². The number of methoxy groups -OCH3 is 1. The first-order valence-corrected chi connectivity index (χ1v) is 11.0. The molecule has 1 atom stereocenters. The van der Waals surface area contributed by atoms with Gasteiger partial charge >= 0.3 is 0 Å². The molecule has 2 aromatic carbocycles. The predicted molar refractivity (Wildman–Crippen MR) is 124 cm³/mol. The first-order valence-electron chi connectivity index (χ1n) is 10.1. The molecule has 0 fully saturated rings. The molecule has 0 aliphatic rings. The lowest BCUT2D eigenvalue weighted by Gasteiger charge is -2.18. The second-order valence-electron chi connectivity index (χ2n) is 7.04. The first-order chi connectivity index (χ1) is 15.5. The van der Waals surface area contributed by atoms with Crippen LogP contribution in [-0.2, 0) is 22.6 Å². The fourth-order valence-corrected chi connectivity index (χ4v) is 3.62. The third-order valence-electron chi connectivity index (χ3n) is 4.72. The molecule has 3 N–H and O–H groups in total. The molecule has 1 heterocycles. The van der Waals surface area contributed by atoms with Gasteiger partial charge in [0.15, 0.2) is 0 Å². The topological polar surface area (TPSA) is 96.5 Å². The van der Waals surface area contributed by atoms with Crippen LogP contribution in [0.15, 0.2) is 72.1 Å². The van der Waals surface area contributed by atoms with Crippen molar-refractivity contribution in [2.75, 3.05) is 13.7 Å². The summed E-state index contributed by atoms with van der Waals surface area (Å²) in [6.45, 7) is 0.149. The Morgan fingerprint density at radius 3 is 2.31 bits per heavy atom. The number of hydrogen-bond donors (Lipinski definition) is 3. The number of rotatable bonds is 10. The maximum Gasteiger partial charge on any atom is 0.262 e. The van der Waals surface area contributed by atoms with E-state index in [1.807, 2.05) is 54.6 Å². The zero-order valence-electron chi connectivity index (χ0n) is 17.7. The molecule has 0 bridgehead atoms. The van der Waals surface area contributed by atoms with Crippen LogP contribution < -0.4 is 20.7 Å². The Morgan fingerprint density at radius 2 is 1.66 bits per heavy atom. The Hall–Kier alpha value is -3.65. The number of nitrogens with one attached hydrogen (secondary N) is 3. The molecule has 8 heteroatoms. The van der Waals surface area contributed by atoms with Crippen LogP contribution in [-0.4, -0.2) is 37.4 Å². The van der Waals surface area contributed by atoms with Gasteiger partial charge in [0.25, 0.3) is 5.91 Å². The molecule has 7 nitrogen and oxygen atoms in total. The van der Waals surface area contributed by atoms with Gasteiger partial charge in [0.1, 0.15) is 11.8 Å². The molecule has 0 radical (unpaired) electrons. The summed E-state index contributed by atoms with van der Waals surface area (Å²) in [5, 5.41) is 9.96. The highest BCUT2D eigenvalue weighted by molar-refractivity contribution is 7.12. The fraction of sp³-hybridized carbons (Fsp3) is 0.208. The monoisotopic (exact) mass is 451 g/mol. The van der Waals surface area contributed by atoms with Gasteiger partial charge in [0, 0.05) is 13.0 Å². The van der Waals surface area contributed by atoms with E-state index >= 15 is 0 Å². The second-order valence-corrected chi connectivity index (χ2v) is 7.98. The van der Waals surface area contributed by atoms with Gasteiger partial charge in [0.05, 0.1) is 18.5 Å². The number of ether oxygens (including phenoxy) is 1. The van der Waals surface area contributed by atoms with E-state index in [4.69, 9.17) is 4.74 Å². The minimum atomic E-state index is -0.804. The lowest BCUT2D eigenvalue weighted by molar-refractivity contribution is -0.127. The van der Waals surface area contributed by atoms with E-state index in [1.54, 1.807) is 24.6 Å². The second kappa shape index (κ2) is 11.7. The lowest BCUT2D eigenvalue weighted by atomic mass is 10.1. The van der Waals surface area contributed by atoms with Gasteiger partial charge in [-0.2, -0.15) is 0 Å². The highest BCUT2D eigenvalue weighted by atomic mass is 32.1. The Morgan fingerprint density at radius 1 is 0.906 bits per heavy atom. The van der Waals surface area contributed by atoms with Crippen molar-refractivity contribution in [3.05, 3.63) is 88.1 Å². The van der Waals surface area contributed by atoms with Crippen molar-refractivity contribution in [2.45, 2.75) is 19.0 Å². The number of thiophene rings is 1. The summed E-state index contributed by atoms with van der Waals surface area (Å²) in [5.41, 5.74) is 1.82. The van der Waals surface area contributed by atoms with Crippen molar-refractivity contribution in [2.24, 2.45) is 0 Å². The van der Waals surface area contributed by atoms with Gasteiger partial charge in [-0.25, -0.2) is 0 Å². The average Bonchev–Trinajstić information content (AvgIpc) is 3.37. The van der Waals surface area contributed by atoms with Crippen LogP contribution in [0.3, 0.4) is 0 Å². The number of carbonyl (C=O) groups excluding carboxylic acids is 3. The van der Waals surface area contributed by atoms with Crippen molar-refractivity contribution in [1.82, 2.24) is 16.0 Å². The maximum absolute atomic E-state index is 12.8. The third-order valence-corrected chi connectivity index (χ3v) is 5.59. The van der Waals surface area contributed by atoms with Crippen LogP contribution in [0.4, 0.5) is 0 Å². The van der Waals surface area contributed by atoms with Crippen molar-refractivity contribution in [3.63, 3.8) is 0 Å². The number of carbonyl (C=O) groups is 3. The molecular weight excluding hydrogens is 426 g/mol. The normalized spacial score (nSPS) is 11.3. The molecule has 0 saturated carbocycles. The molecule has 0 aliphatic carbocycles. The zero-order valence-corrected chi connectivity index (χ0v) is 18.5. The molecule has 1 unspecified atom stereocenters. The van der Waals surface area contributed by atoms with Crippen LogP contribution >= 0.6 is 11.3 Å². The van der Waals surface area contributed by atoms with Crippen LogP contribution in [0.25, 0.3) is 0 Å². The van der Waals surface area contributed by atoms with Crippen molar-refractivity contribution in [3.8, 4) is 5.75 Å². The standard InChI is InChI=1S/C24H25N3O4S/c1-31-19-11-9-18(10-12-19)15-25-22(28)16-26-23(29)20(14-17-6-3-2-4-7-17)27-24(30)21-8-5-13-32-21/h2-13,20H,14-16H2,1H3,(H,25,28)(H,26,29)(H,27,30). The first kappa shape index (κ1) is 23.0. The van der Waals surface area contributed by atoms with Crippen LogP contribution in [0.1, 0.15) is 20.8 Å². The van der Waals surface area contributed by atoms with Gasteiger partial charge in [-0.15, -0.1) is 11.3 Å². The van der Waals surface area contributed by atoms with Gasteiger partial charge < -0.3 is 20.7 Å². The summed E-state index contributed by atoms with van der Waals surface area (Å²) in [5.74, 6) is -0.322. The Kier molecular flexibility index (Phi) is 8.39. The SMILES string of the molecule is COc1ccc(CNC(=O)CNC(=O)C(Cc2ccccc2)NC(=O)c2cccs2)cc1. The quantitative estimate of drug-likeness (QED) is 0.441. The van der Waals surface area contributed by atoms with E-state index in [9.17, 15) is 14.4 Å². The number of benzene rings is 2. The van der Waals surface area contributed by atoms with E-state index in [0.717, 1.165) is 16.9 Å². The Balaban J connectivity index is 1.54. The molecule has 1 aromatic heterocycles. The smallest absolute Gasteiger partial charge is 0.262 e. The molecule has 0 saturated heterocycles. The summed E-state index contributed by atoms with van der Waals surface area (Å²) in [6.07, 6.45) is 0.317. The van der Waals surface area contributed by atoms with Gasteiger partial charge in [-0.3, -0.25) is 14.4 Å². The van der Waals surface area contributed by atoms with E-state index < -0.39 is 11.9 Å². The summed E-state index contributed by atoms with van der Waals surface area (Å²) in [7, 11) is 1.59. The maximum atomic E-state index is 12.8. The van der Waals surface area contributed by atoms with Crippen LogP contribution in [0.2, 0.25) is 0 Å². The van der Waals surface area contributed by atoms with Gasteiger partial charge in [0.2, 0.25) is 11.8 Å². The molecule has 0 spiro atoms.